The molecular formula is C15H16N4O2. The number of anilines is 1. The molecule has 2 aromatic rings. The summed E-state index contributed by atoms with van der Waals surface area (Å²) in [7, 11) is 3.70. The van der Waals surface area contributed by atoms with Crippen molar-refractivity contribution in [2.75, 3.05) is 25.6 Å². The van der Waals surface area contributed by atoms with Crippen LogP contribution in [0.15, 0.2) is 41.3 Å². The van der Waals surface area contributed by atoms with Crippen molar-refractivity contribution in [2.45, 2.75) is 6.54 Å². The zero-order valence-electron chi connectivity index (χ0n) is 12.0. The monoisotopic (exact) mass is 284 g/mol. The quantitative estimate of drug-likeness (QED) is 0.826. The standard InChI is InChI=1S/C15H16N4O2/c1-18(2)13-9-15(20)19(17-11-13)7-8-21-14-6-4-3-5-12(14)10-16/h3-6,9,11H,7-8H2,1-2H3. The highest BCUT2D eigenvalue weighted by Crippen LogP contribution is 2.16. The first-order chi connectivity index (χ1) is 10.1. The molecule has 0 aliphatic heterocycles. The fourth-order valence-electron chi connectivity index (χ4n) is 1.76. The van der Waals surface area contributed by atoms with Gasteiger partial charge in [0.25, 0.3) is 5.56 Å². The molecule has 6 heteroatoms. The van der Waals surface area contributed by atoms with Crippen LogP contribution < -0.4 is 15.2 Å². The fourth-order valence-corrected chi connectivity index (χ4v) is 1.76. The maximum Gasteiger partial charge on any atom is 0.268 e. The van der Waals surface area contributed by atoms with Gasteiger partial charge in [0.1, 0.15) is 18.4 Å². The first-order valence-electron chi connectivity index (χ1n) is 6.48. The fraction of sp³-hybridized carbons (Fsp3) is 0.267. The minimum Gasteiger partial charge on any atom is -0.490 e. The lowest BCUT2D eigenvalue weighted by atomic mass is 10.2. The van der Waals surface area contributed by atoms with Crippen LogP contribution in [0.25, 0.3) is 0 Å². The number of hydrogen-bond donors (Lipinski definition) is 0. The lowest BCUT2D eigenvalue weighted by Crippen LogP contribution is -2.26. The second-order valence-electron chi connectivity index (χ2n) is 4.63. The maximum atomic E-state index is 11.9. The van der Waals surface area contributed by atoms with Crippen molar-refractivity contribution in [3.8, 4) is 11.8 Å². The minimum atomic E-state index is -0.182. The van der Waals surface area contributed by atoms with E-state index in [0.29, 0.717) is 17.9 Å². The molecule has 1 aromatic carbocycles. The average molecular weight is 284 g/mol. The Morgan fingerprint density at radius 3 is 2.81 bits per heavy atom. The van der Waals surface area contributed by atoms with Gasteiger partial charge in [0.05, 0.1) is 24.0 Å². The van der Waals surface area contributed by atoms with Crippen molar-refractivity contribution >= 4 is 5.69 Å². The summed E-state index contributed by atoms with van der Waals surface area (Å²) in [6.45, 7) is 0.596. The second kappa shape index (κ2) is 6.57. The van der Waals surface area contributed by atoms with Crippen LogP contribution >= 0.6 is 0 Å². The molecule has 0 saturated carbocycles. The third kappa shape index (κ3) is 3.60. The van der Waals surface area contributed by atoms with Gasteiger partial charge in [-0.3, -0.25) is 4.79 Å². The smallest absolute Gasteiger partial charge is 0.268 e. The zero-order valence-corrected chi connectivity index (χ0v) is 12.0. The zero-order chi connectivity index (χ0) is 15.2. The Morgan fingerprint density at radius 1 is 1.38 bits per heavy atom. The number of nitrogens with zero attached hydrogens (tertiary/aromatic N) is 4. The van der Waals surface area contributed by atoms with Crippen molar-refractivity contribution in [1.82, 2.24) is 9.78 Å². The summed E-state index contributed by atoms with van der Waals surface area (Å²) in [6.07, 6.45) is 1.63. The van der Waals surface area contributed by atoms with Gasteiger partial charge >= 0.3 is 0 Å². The number of rotatable bonds is 5. The van der Waals surface area contributed by atoms with Crippen molar-refractivity contribution in [3.63, 3.8) is 0 Å². The van der Waals surface area contributed by atoms with Gasteiger partial charge in [0, 0.05) is 20.2 Å². The Balaban J connectivity index is 2.01. The molecule has 1 aromatic heterocycles. The molecule has 6 nitrogen and oxygen atoms in total. The Kier molecular flexibility index (Phi) is 4.57. The highest BCUT2D eigenvalue weighted by Gasteiger charge is 2.04. The lowest BCUT2D eigenvalue weighted by Gasteiger charge is -2.12. The summed E-state index contributed by atoms with van der Waals surface area (Å²) < 4.78 is 6.87. The molecule has 0 saturated heterocycles. The number of ether oxygens (including phenoxy) is 1. The van der Waals surface area contributed by atoms with Gasteiger partial charge in [-0.25, -0.2) is 4.68 Å². The molecule has 0 radical (unpaired) electrons. The van der Waals surface area contributed by atoms with Crippen molar-refractivity contribution in [3.05, 3.63) is 52.4 Å². The van der Waals surface area contributed by atoms with E-state index in [2.05, 4.69) is 11.2 Å². The van der Waals surface area contributed by atoms with Crippen LogP contribution in [-0.2, 0) is 6.54 Å². The van der Waals surface area contributed by atoms with E-state index in [1.807, 2.05) is 19.0 Å². The van der Waals surface area contributed by atoms with Crippen LogP contribution in [0.3, 0.4) is 0 Å². The van der Waals surface area contributed by atoms with E-state index in [1.54, 1.807) is 30.5 Å². The van der Waals surface area contributed by atoms with E-state index in [9.17, 15) is 4.79 Å². The van der Waals surface area contributed by atoms with E-state index >= 15 is 0 Å². The van der Waals surface area contributed by atoms with Gasteiger partial charge in [0.15, 0.2) is 0 Å². The molecule has 0 unspecified atom stereocenters. The molecule has 108 valence electrons. The normalized spacial score (nSPS) is 9.95. The molecule has 0 bridgehead atoms. The molecule has 2 rings (SSSR count). The molecule has 0 fully saturated rings. The third-order valence-corrected chi connectivity index (χ3v) is 2.94. The van der Waals surface area contributed by atoms with Gasteiger partial charge in [0.2, 0.25) is 0 Å². The van der Waals surface area contributed by atoms with Gasteiger partial charge in [-0.05, 0) is 12.1 Å². The Morgan fingerprint density at radius 2 is 2.14 bits per heavy atom. The van der Waals surface area contributed by atoms with Crippen LogP contribution in [0.1, 0.15) is 5.56 Å². The summed E-state index contributed by atoms with van der Waals surface area (Å²) in [5, 5.41) is 13.0. The summed E-state index contributed by atoms with van der Waals surface area (Å²) in [5.74, 6) is 0.512. The second-order valence-corrected chi connectivity index (χ2v) is 4.63. The largest absolute Gasteiger partial charge is 0.490 e. The number of benzene rings is 1. The van der Waals surface area contributed by atoms with Gasteiger partial charge < -0.3 is 9.64 Å². The number of aromatic nitrogens is 2. The molecule has 0 N–H and O–H groups in total. The van der Waals surface area contributed by atoms with E-state index in [4.69, 9.17) is 10.00 Å². The number of para-hydroxylation sites is 1. The van der Waals surface area contributed by atoms with E-state index < -0.39 is 0 Å². The minimum absolute atomic E-state index is 0.182. The van der Waals surface area contributed by atoms with Crippen LogP contribution in [-0.4, -0.2) is 30.5 Å². The molecule has 21 heavy (non-hydrogen) atoms. The molecule has 0 atom stereocenters. The highest BCUT2D eigenvalue weighted by atomic mass is 16.5. The van der Waals surface area contributed by atoms with Crippen molar-refractivity contribution < 1.29 is 4.74 Å². The number of nitriles is 1. The first kappa shape index (κ1) is 14.6. The highest BCUT2D eigenvalue weighted by molar-refractivity contribution is 5.42. The van der Waals surface area contributed by atoms with Crippen LogP contribution in [0.2, 0.25) is 0 Å². The summed E-state index contributed by atoms with van der Waals surface area (Å²) in [4.78, 5) is 13.7. The topological polar surface area (TPSA) is 71.2 Å². The van der Waals surface area contributed by atoms with Crippen molar-refractivity contribution in [1.29, 1.82) is 5.26 Å². The van der Waals surface area contributed by atoms with Gasteiger partial charge in [-0.2, -0.15) is 10.4 Å². The van der Waals surface area contributed by atoms with Crippen LogP contribution in [0.5, 0.6) is 5.75 Å². The first-order valence-corrected chi connectivity index (χ1v) is 6.48. The predicted octanol–water partition coefficient (Wildman–Crippen LogP) is 1.26. The molecular weight excluding hydrogens is 268 g/mol. The molecule has 0 aliphatic rings. The van der Waals surface area contributed by atoms with E-state index in [0.717, 1.165) is 5.69 Å². The van der Waals surface area contributed by atoms with Crippen molar-refractivity contribution in [2.24, 2.45) is 0 Å². The molecule has 0 aliphatic carbocycles. The maximum absolute atomic E-state index is 11.9. The molecule has 1 heterocycles. The van der Waals surface area contributed by atoms with E-state index in [1.165, 1.54) is 10.7 Å². The Labute approximate surface area is 122 Å². The average Bonchev–Trinajstić information content (AvgIpc) is 2.49. The third-order valence-electron chi connectivity index (χ3n) is 2.94. The Hall–Kier alpha value is -2.81. The summed E-state index contributed by atoms with van der Waals surface area (Å²) >= 11 is 0. The van der Waals surface area contributed by atoms with Crippen LogP contribution in [0.4, 0.5) is 5.69 Å². The SMILES string of the molecule is CN(C)c1cnn(CCOc2ccccc2C#N)c(=O)c1. The molecule has 0 amide bonds. The van der Waals surface area contributed by atoms with Gasteiger partial charge in [-0.1, -0.05) is 12.1 Å². The van der Waals surface area contributed by atoms with E-state index in [-0.39, 0.29) is 12.2 Å². The molecule has 0 spiro atoms. The predicted molar refractivity (Wildman–Crippen MR) is 79.5 cm³/mol. The summed E-state index contributed by atoms with van der Waals surface area (Å²) in [6, 6.07) is 10.6. The lowest BCUT2D eigenvalue weighted by molar-refractivity contribution is 0.287. The Bertz CT molecular complexity index is 716. The summed E-state index contributed by atoms with van der Waals surface area (Å²) in [5.41, 5.74) is 1.05. The number of hydrogen-bond acceptors (Lipinski definition) is 5. The van der Waals surface area contributed by atoms with Gasteiger partial charge in [-0.15, -0.1) is 0 Å². The van der Waals surface area contributed by atoms with Crippen LogP contribution in [0, 0.1) is 11.3 Å².